The number of anilines is 1. The van der Waals surface area contributed by atoms with Gasteiger partial charge >= 0.3 is 0 Å². The van der Waals surface area contributed by atoms with Gasteiger partial charge in [-0.1, -0.05) is 61.8 Å². The average Bonchev–Trinajstić information content (AvgIpc) is 2.54. The van der Waals surface area contributed by atoms with E-state index in [9.17, 15) is 4.79 Å². The molecule has 122 valence electrons. The summed E-state index contributed by atoms with van der Waals surface area (Å²) in [6.45, 7) is 5.40. The molecule has 0 atom stereocenters. The molecular weight excluding hydrogens is 308 g/mol. The quantitative estimate of drug-likeness (QED) is 0.780. The number of nitrogens with one attached hydrogen (secondary N) is 2. The van der Waals surface area contributed by atoms with Gasteiger partial charge in [0.05, 0.1) is 0 Å². The molecule has 2 N–H and O–H groups in total. The van der Waals surface area contributed by atoms with E-state index in [1.165, 1.54) is 5.56 Å². The Bertz CT molecular complexity index is 655. The zero-order chi connectivity index (χ0) is 16.7. The fourth-order valence-corrected chi connectivity index (χ4v) is 2.60. The molecule has 0 aliphatic carbocycles. The number of carbonyl (C=O) groups excluding carboxylic acids is 1. The summed E-state index contributed by atoms with van der Waals surface area (Å²) in [5.41, 5.74) is 3.30. The predicted molar refractivity (Wildman–Crippen MR) is 96.9 cm³/mol. The lowest BCUT2D eigenvalue weighted by atomic mass is 10.0. The molecule has 0 unspecified atom stereocenters. The fraction of sp³-hybridized carbons (Fsp3) is 0.316. The number of hydrogen-bond acceptors (Lipinski definition) is 2. The molecule has 3 nitrogen and oxygen atoms in total. The minimum absolute atomic E-state index is 0.0134. The summed E-state index contributed by atoms with van der Waals surface area (Å²) in [7, 11) is 0. The van der Waals surface area contributed by atoms with E-state index in [1.807, 2.05) is 36.4 Å². The van der Waals surface area contributed by atoms with Crippen molar-refractivity contribution in [2.45, 2.75) is 32.7 Å². The molecule has 0 spiro atoms. The van der Waals surface area contributed by atoms with Crippen LogP contribution in [0.5, 0.6) is 0 Å². The maximum Gasteiger partial charge on any atom is 0.222 e. The lowest BCUT2D eigenvalue weighted by molar-refractivity contribution is -0.121. The van der Waals surface area contributed by atoms with E-state index in [-0.39, 0.29) is 5.91 Å². The van der Waals surface area contributed by atoms with Crippen molar-refractivity contribution in [1.82, 2.24) is 5.32 Å². The molecule has 23 heavy (non-hydrogen) atoms. The Hall–Kier alpha value is -2.00. The first kappa shape index (κ1) is 17.4. The first-order valence-corrected chi connectivity index (χ1v) is 8.28. The third-order valence-corrected chi connectivity index (χ3v) is 4.05. The number of carbonyl (C=O) groups is 1. The van der Waals surface area contributed by atoms with Crippen LogP contribution in [0.4, 0.5) is 5.69 Å². The van der Waals surface area contributed by atoms with Gasteiger partial charge in [-0.15, -0.1) is 0 Å². The number of benzene rings is 2. The topological polar surface area (TPSA) is 41.1 Å². The largest absolute Gasteiger partial charge is 0.384 e. The van der Waals surface area contributed by atoms with Crippen LogP contribution >= 0.6 is 11.6 Å². The number of hydrogen-bond donors (Lipinski definition) is 2. The molecule has 0 aliphatic heterocycles. The first-order valence-electron chi connectivity index (χ1n) is 7.91. The molecule has 0 aliphatic rings. The molecule has 0 aromatic heterocycles. The summed E-state index contributed by atoms with van der Waals surface area (Å²) in [4.78, 5) is 11.9. The van der Waals surface area contributed by atoms with Crippen LogP contribution in [-0.2, 0) is 11.3 Å². The van der Waals surface area contributed by atoms with Gasteiger partial charge in [-0.05, 0) is 29.2 Å². The molecule has 0 saturated heterocycles. The van der Waals surface area contributed by atoms with E-state index in [0.29, 0.717) is 30.5 Å². The zero-order valence-corrected chi connectivity index (χ0v) is 14.4. The van der Waals surface area contributed by atoms with Gasteiger partial charge in [-0.2, -0.15) is 0 Å². The Morgan fingerprint density at radius 2 is 1.78 bits per heavy atom. The van der Waals surface area contributed by atoms with Crippen LogP contribution in [0, 0.1) is 0 Å². The summed E-state index contributed by atoms with van der Waals surface area (Å²) >= 11 is 6.08. The second-order valence-corrected chi connectivity index (χ2v) is 6.19. The van der Waals surface area contributed by atoms with Gasteiger partial charge in [0, 0.05) is 30.2 Å². The van der Waals surface area contributed by atoms with E-state index in [0.717, 1.165) is 11.3 Å². The van der Waals surface area contributed by atoms with Gasteiger partial charge in [0.25, 0.3) is 0 Å². The SMILES string of the molecule is CC(C)c1ccccc1NCCC(=O)NCc1ccccc1Cl. The highest BCUT2D eigenvalue weighted by molar-refractivity contribution is 6.31. The molecule has 2 rings (SSSR count). The first-order chi connectivity index (χ1) is 11.1. The Kier molecular flexibility index (Phi) is 6.48. The summed E-state index contributed by atoms with van der Waals surface area (Å²) in [5, 5.41) is 6.93. The normalized spacial score (nSPS) is 10.6. The third-order valence-electron chi connectivity index (χ3n) is 3.68. The molecule has 0 radical (unpaired) electrons. The fourth-order valence-electron chi connectivity index (χ4n) is 2.40. The van der Waals surface area contributed by atoms with Gasteiger partial charge < -0.3 is 10.6 Å². The van der Waals surface area contributed by atoms with Crippen molar-refractivity contribution in [2.75, 3.05) is 11.9 Å². The van der Waals surface area contributed by atoms with Crippen LogP contribution in [0.2, 0.25) is 5.02 Å². The molecule has 0 saturated carbocycles. The summed E-state index contributed by atoms with van der Waals surface area (Å²) in [6, 6.07) is 15.7. The van der Waals surface area contributed by atoms with Gasteiger partial charge in [0.2, 0.25) is 5.91 Å². The highest BCUT2D eigenvalue weighted by Gasteiger charge is 2.07. The number of rotatable bonds is 7. The van der Waals surface area contributed by atoms with E-state index >= 15 is 0 Å². The molecule has 4 heteroatoms. The minimum Gasteiger partial charge on any atom is -0.384 e. The zero-order valence-electron chi connectivity index (χ0n) is 13.6. The number of amides is 1. The van der Waals surface area contributed by atoms with Gasteiger partial charge in [0.1, 0.15) is 0 Å². The highest BCUT2D eigenvalue weighted by Crippen LogP contribution is 2.23. The molecule has 0 fully saturated rings. The summed E-state index contributed by atoms with van der Waals surface area (Å²) in [6.07, 6.45) is 0.427. The van der Waals surface area contributed by atoms with Gasteiger partial charge in [-0.25, -0.2) is 0 Å². The maximum absolute atomic E-state index is 11.9. The second kappa shape index (κ2) is 8.59. The maximum atomic E-state index is 11.9. The molecule has 2 aromatic carbocycles. The lowest BCUT2D eigenvalue weighted by Gasteiger charge is -2.14. The summed E-state index contributed by atoms with van der Waals surface area (Å²) < 4.78 is 0. The number of halogens is 1. The van der Waals surface area contributed by atoms with Crippen LogP contribution in [-0.4, -0.2) is 12.5 Å². The van der Waals surface area contributed by atoms with Crippen molar-refractivity contribution in [3.05, 3.63) is 64.7 Å². The summed E-state index contributed by atoms with van der Waals surface area (Å²) in [5.74, 6) is 0.465. The van der Waals surface area contributed by atoms with Crippen molar-refractivity contribution in [1.29, 1.82) is 0 Å². The van der Waals surface area contributed by atoms with Crippen LogP contribution in [0.3, 0.4) is 0 Å². The van der Waals surface area contributed by atoms with Gasteiger partial charge in [-0.3, -0.25) is 4.79 Å². The molecule has 0 heterocycles. The van der Waals surface area contributed by atoms with E-state index in [1.54, 1.807) is 0 Å². The standard InChI is InChI=1S/C19H23ClN2O/c1-14(2)16-8-4-6-10-18(16)21-12-11-19(23)22-13-15-7-3-5-9-17(15)20/h3-10,14,21H,11-13H2,1-2H3,(H,22,23). The Morgan fingerprint density at radius 3 is 2.52 bits per heavy atom. The van der Waals surface area contributed by atoms with Crippen LogP contribution in [0.1, 0.15) is 37.3 Å². The third kappa shape index (κ3) is 5.29. The second-order valence-electron chi connectivity index (χ2n) is 5.79. The van der Waals surface area contributed by atoms with Crippen molar-refractivity contribution >= 4 is 23.2 Å². The van der Waals surface area contributed by atoms with Crippen LogP contribution in [0.15, 0.2) is 48.5 Å². The Balaban J connectivity index is 1.78. The highest BCUT2D eigenvalue weighted by atomic mass is 35.5. The Morgan fingerprint density at radius 1 is 1.09 bits per heavy atom. The average molecular weight is 331 g/mol. The predicted octanol–water partition coefficient (Wildman–Crippen LogP) is 4.58. The molecule has 1 amide bonds. The Labute approximate surface area is 143 Å². The molecular formula is C19H23ClN2O. The van der Waals surface area contributed by atoms with Crippen molar-refractivity contribution < 1.29 is 4.79 Å². The smallest absolute Gasteiger partial charge is 0.222 e. The minimum atomic E-state index is 0.0134. The van der Waals surface area contributed by atoms with E-state index in [4.69, 9.17) is 11.6 Å². The number of para-hydroxylation sites is 1. The lowest BCUT2D eigenvalue weighted by Crippen LogP contribution is -2.25. The van der Waals surface area contributed by atoms with Crippen LogP contribution in [0.25, 0.3) is 0 Å². The van der Waals surface area contributed by atoms with Crippen molar-refractivity contribution in [3.63, 3.8) is 0 Å². The molecule has 0 bridgehead atoms. The monoisotopic (exact) mass is 330 g/mol. The van der Waals surface area contributed by atoms with E-state index in [2.05, 4.69) is 36.6 Å². The van der Waals surface area contributed by atoms with Crippen molar-refractivity contribution in [2.24, 2.45) is 0 Å². The van der Waals surface area contributed by atoms with Crippen LogP contribution < -0.4 is 10.6 Å². The van der Waals surface area contributed by atoms with Gasteiger partial charge in [0.15, 0.2) is 0 Å². The van der Waals surface area contributed by atoms with Crippen molar-refractivity contribution in [3.8, 4) is 0 Å². The van der Waals surface area contributed by atoms with E-state index < -0.39 is 0 Å². The molecule has 2 aromatic rings.